The van der Waals surface area contributed by atoms with Gasteiger partial charge in [0.1, 0.15) is 0 Å². The van der Waals surface area contributed by atoms with Gasteiger partial charge < -0.3 is 15.1 Å². The number of piperidine rings is 1. The van der Waals surface area contributed by atoms with Crippen molar-refractivity contribution in [3.05, 3.63) is 0 Å². The second kappa shape index (κ2) is 7.41. The zero-order valence-electron chi connectivity index (χ0n) is 13.4. The smallest absolute Gasteiger partial charge is 0.222 e. The van der Waals surface area contributed by atoms with Gasteiger partial charge in [0.15, 0.2) is 0 Å². The Balaban J connectivity index is 1.77. The topological polar surface area (TPSA) is 35.6 Å². The molecule has 2 heterocycles. The van der Waals surface area contributed by atoms with Crippen molar-refractivity contribution in [2.45, 2.75) is 45.6 Å². The average Bonchev–Trinajstić information content (AvgIpc) is 2.97. The van der Waals surface area contributed by atoms with E-state index in [1.54, 1.807) is 0 Å². The van der Waals surface area contributed by atoms with Gasteiger partial charge in [-0.15, -0.1) is 0 Å². The average molecular weight is 281 g/mol. The van der Waals surface area contributed by atoms with Crippen LogP contribution < -0.4 is 5.32 Å². The first-order valence-corrected chi connectivity index (χ1v) is 8.30. The molecule has 0 aromatic rings. The van der Waals surface area contributed by atoms with E-state index in [0.29, 0.717) is 23.8 Å². The number of hydrogen-bond acceptors (Lipinski definition) is 3. The number of nitrogens with zero attached hydrogens (tertiary/aromatic N) is 2. The lowest BCUT2D eigenvalue weighted by atomic mass is 9.92. The second-order valence-electron chi connectivity index (χ2n) is 6.63. The van der Waals surface area contributed by atoms with Crippen molar-refractivity contribution in [3.8, 4) is 0 Å². The van der Waals surface area contributed by atoms with Crippen molar-refractivity contribution in [1.29, 1.82) is 0 Å². The fourth-order valence-electron chi connectivity index (χ4n) is 3.73. The Kier molecular flexibility index (Phi) is 5.85. The summed E-state index contributed by atoms with van der Waals surface area (Å²) in [6.07, 6.45) is 4.15. The third-order valence-corrected chi connectivity index (χ3v) is 5.21. The lowest BCUT2D eigenvalue weighted by molar-refractivity contribution is -0.134. The summed E-state index contributed by atoms with van der Waals surface area (Å²) in [6.45, 7) is 10.1. The van der Waals surface area contributed by atoms with Gasteiger partial charge in [-0.05, 0) is 50.7 Å². The van der Waals surface area contributed by atoms with Crippen LogP contribution in [0.3, 0.4) is 0 Å². The second-order valence-corrected chi connectivity index (χ2v) is 6.63. The molecule has 0 aliphatic carbocycles. The van der Waals surface area contributed by atoms with Crippen molar-refractivity contribution in [1.82, 2.24) is 15.1 Å². The first kappa shape index (κ1) is 15.8. The van der Waals surface area contributed by atoms with E-state index in [0.717, 1.165) is 52.0 Å². The molecule has 1 N–H and O–H groups in total. The molecule has 0 radical (unpaired) electrons. The number of rotatable bonds is 5. The quantitative estimate of drug-likeness (QED) is 0.831. The molecule has 3 unspecified atom stereocenters. The van der Waals surface area contributed by atoms with Gasteiger partial charge in [0.05, 0.1) is 0 Å². The summed E-state index contributed by atoms with van der Waals surface area (Å²) >= 11 is 0. The molecule has 2 aliphatic rings. The monoisotopic (exact) mass is 281 g/mol. The predicted octanol–water partition coefficient (Wildman–Crippen LogP) is 1.56. The minimum atomic E-state index is 0.346. The summed E-state index contributed by atoms with van der Waals surface area (Å²) < 4.78 is 0. The molecule has 116 valence electrons. The Morgan fingerprint density at radius 1 is 1.40 bits per heavy atom. The molecule has 0 bridgehead atoms. The molecule has 4 nitrogen and oxygen atoms in total. The van der Waals surface area contributed by atoms with Crippen LogP contribution in [0.1, 0.15) is 39.5 Å². The van der Waals surface area contributed by atoms with Crippen LogP contribution in [-0.4, -0.2) is 61.5 Å². The van der Waals surface area contributed by atoms with E-state index in [-0.39, 0.29) is 0 Å². The highest BCUT2D eigenvalue weighted by Crippen LogP contribution is 2.23. The molecule has 0 aromatic heterocycles. The number of carbonyl (C=O) groups is 1. The highest BCUT2D eigenvalue weighted by molar-refractivity contribution is 5.76. The van der Waals surface area contributed by atoms with Crippen LogP contribution in [0.4, 0.5) is 0 Å². The van der Waals surface area contributed by atoms with E-state index >= 15 is 0 Å². The molecule has 2 aliphatic heterocycles. The van der Waals surface area contributed by atoms with Gasteiger partial charge >= 0.3 is 0 Å². The maximum Gasteiger partial charge on any atom is 0.222 e. The molecule has 2 fully saturated rings. The number of carbonyl (C=O) groups excluding carboxylic acids is 1. The molecule has 3 atom stereocenters. The van der Waals surface area contributed by atoms with E-state index in [2.05, 4.69) is 24.1 Å². The summed E-state index contributed by atoms with van der Waals surface area (Å²) in [5, 5.41) is 3.38. The maximum atomic E-state index is 12.4. The number of nitrogens with one attached hydrogen (secondary N) is 1. The van der Waals surface area contributed by atoms with Crippen molar-refractivity contribution in [2.75, 3.05) is 39.8 Å². The van der Waals surface area contributed by atoms with Gasteiger partial charge in [0.25, 0.3) is 0 Å². The molecule has 20 heavy (non-hydrogen) atoms. The molecule has 1 amide bonds. The van der Waals surface area contributed by atoms with Crippen molar-refractivity contribution < 1.29 is 4.79 Å². The van der Waals surface area contributed by atoms with Crippen LogP contribution in [-0.2, 0) is 4.79 Å². The highest BCUT2D eigenvalue weighted by atomic mass is 16.2. The molecule has 4 heteroatoms. The summed E-state index contributed by atoms with van der Waals surface area (Å²) in [7, 11) is 2.01. The van der Waals surface area contributed by atoms with E-state index in [1.165, 1.54) is 6.42 Å². The molecular weight excluding hydrogens is 250 g/mol. The number of likely N-dealkylation sites (tertiary alicyclic amines) is 1. The van der Waals surface area contributed by atoms with Crippen molar-refractivity contribution in [3.63, 3.8) is 0 Å². The lowest BCUT2D eigenvalue weighted by Crippen LogP contribution is -2.50. The van der Waals surface area contributed by atoms with Gasteiger partial charge in [-0.25, -0.2) is 0 Å². The summed E-state index contributed by atoms with van der Waals surface area (Å²) in [5.74, 6) is 1.65. The molecule has 0 aromatic carbocycles. The Hall–Kier alpha value is -0.610. The third-order valence-electron chi connectivity index (χ3n) is 5.21. The van der Waals surface area contributed by atoms with Crippen LogP contribution in [0, 0.1) is 11.8 Å². The van der Waals surface area contributed by atoms with Crippen LogP contribution in [0.2, 0.25) is 0 Å². The van der Waals surface area contributed by atoms with Crippen molar-refractivity contribution in [2.24, 2.45) is 11.8 Å². The first-order valence-electron chi connectivity index (χ1n) is 8.30. The van der Waals surface area contributed by atoms with Crippen LogP contribution in [0.5, 0.6) is 0 Å². The first-order chi connectivity index (χ1) is 9.61. The van der Waals surface area contributed by atoms with Crippen LogP contribution in [0.25, 0.3) is 0 Å². The zero-order valence-corrected chi connectivity index (χ0v) is 13.4. The highest BCUT2D eigenvalue weighted by Gasteiger charge is 2.30. The van der Waals surface area contributed by atoms with Crippen LogP contribution in [0.15, 0.2) is 0 Å². The lowest BCUT2D eigenvalue weighted by Gasteiger charge is -2.41. The molecule has 2 saturated heterocycles. The molecule has 0 saturated carbocycles. The Labute approximate surface area is 123 Å². The Morgan fingerprint density at radius 3 is 2.80 bits per heavy atom. The third kappa shape index (κ3) is 3.95. The predicted molar refractivity (Wildman–Crippen MR) is 82.7 cm³/mol. The largest absolute Gasteiger partial charge is 0.342 e. The van der Waals surface area contributed by atoms with Crippen molar-refractivity contribution >= 4 is 5.91 Å². The summed E-state index contributed by atoms with van der Waals surface area (Å²) in [5.41, 5.74) is 0. The summed E-state index contributed by atoms with van der Waals surface area (Å²) in [6, 6.07) is 0.437. The van der Waals surface area contributed by atoms with Gasteiger partial charge in [0.2, 0.25) is 5.91 Å². The fourth-order valence-corrected chi connectivity index (χ4v) is 3.73. The van der Waals surface area contributed by atoms with Gasteiger partial charge in [0, 0.05) is 32.6 Å². The van der Waals surface area contributed by atoms with E-state index in [1.807, 2.05) is 11.9 Å². The van der Waals surface area contributed by atoms with Gasteiger partial charge in [-0.2, -0.15) is 0 Å². The van der Waals surface area contributed by atoms with E-state index in [9.17, 15) is 4.79 Å². The Morgan fingerprint density at radius 2 is 2.20 bits per heavy atom. The number of hydrogen-bond donors (Lipinski definition) is 1. The Bertz CT molecular complexity index is 315. The minimum absolute atomic E-state index is 0.346. The maximum absolute atomic E-state index is 12.4. The van der Waals surface area contributed by atoms with E-state index in [4.69, 9.17) is 0 Å². The molecular formula is C16H31N3O. The summed E-state index contributed by atoms with van der Waals surface area (Å²) in [4.78, 5) is 16.9. The number of amides is 1. The zero-order chi connectivity index (χ0) is 14.5. The van der Waals surface area contributed by atoms with Gasteiger partial charge in [-0.1, -0.05) is 13.8 Å². The normalized spacial score (nSPS) is 31.4. The minimum Gasteiger partial charge on any atom is -0.342 e. The standard InChI is InChI=1S/C16H31N3O/c1-4-19-10-8-15(13(2)12-19)18(3)16(20)6-5-14-7-9-17-11-14/h13-15,17H,4-12H2,1-3H3. The molecule has 0 spiro atoms. The SMILES string of the molecule is CCN1CCC(N(C)C(=O)CCC2CCNC2)C(C)C1. The van der Waals surface area contributed by atoms with E-state index < -0.39 is 0 Å². The molecule has 2 rings (SSSR count). The van der Waals surface area contributed by atoms with Gasteiger partial charge in [-0.3, -0.25) is 4.79 Å². The fraction of sp³-hybridized carbons (Fsp3) is 0.938. The van der Waals surface area contributed by atoms with Crippen LogP contribution >= 0.6 is 0 Å².